The van der Waals surface area contributed by atoms with E-state index >= 15 is 0 Å². The Balaban J connectivity index is 2.68. The molecule has 0 atom stereocenters. The Bertz CT molecular complexity index is 592. The number of hydrogen-bond acceptors (Lipinski definition) is 3. The highest BCUT2D eigenvalue weighted by Crippen LogP contribution is 2.37. The fourth-order valence-corrected chi connectivity index (χ4v) is 3.56. The van der Waals surface area contributed by atoms with Gasteiger partial charge in [0, 0.05) is 9.86 Å². The molecule has 0 aliphatic rings. The van der Waals surface area contributed by atoms with E-state index in [1.165, 1.54) is 6.07 Å². The number of fused-ring (bicyclic) bond motifs is 1. The van der Waals surface area contributed by atoms with Gasteiger partial charge in [-0.3, -0.25) is 0 Å². The molecule has 1 aromatic carbocycles. The Hall–Kier alpha value is -0.940. The Morgan fingerprint density at radius 3 is 2.82 bits per heavy atom. The molecular weight excluding hydrogens is 307 g/mol. The molecule has 0 radical (unpaired) electrons. The predicted octanol–water partition coefficient (Wildman–Crippen LogP) is 4.29. The van der Waals surface area contributed by atoms with Gasteiger partial charge in [-0.05, 0) is 31.5 Å². The van der Waals surface area contributed by atoms with Crippen LogP contribution in [0.2, 0.25) is 0 Å². The zero-order chi connectivity index (χ0) is 12.6. The van der Waals surface area contributed by atoms with Crippen molar-refractivity contribution in [3.8, 4) is 0 Å². The van der Waals surface area contributed by atoms with Crippen molar-refractivity contribution in [2.45, 2.75) is 13.8 Å². The van der Waals surface area contributed by atoms with Crippen molar-refractivity contribution in [3.05, 3.63) is 32.9 Å². The summed E-state index contributed by atoms with van der Waals surface area (Å²) in [5.74, 6) is -0.704. The van der Waals surface area contributed by atoms with Crippen LogP contribution in [-0.2, 0) is 4.74 Å². The highest BCUT2D eigenvalue weighted by atomic mass is 79.9. The van der Waals surface area contributed by atoms with Gasteiger partial charge in [-0.15, -0.1) is 11.3 Å². The number of carbonyl (C=O) groups excluding carboxylic acids is 1. The molecule has 0 amide bonds. The molecule has 0 unspecified atom stereocenters. The van der Waals surface area contributed by atoms with Crippen molar-refractivity contribution in [1.82, 2.24) is 0 Å². The van der Waals surface area contributed by atoms with Gasteiger partial charge in [-0.1, -0.05) is 15.9 Å². The maximum Gasteiger partial charge on any atom is 0.348 e. The third-order valence-electron chi connectivity index (χ3n) is 2.44. The van der Waals surface area contributed by atoms with Crippen LogP contribution in [0.25, 0.3) is 10.1 Å². The first-order valence-corrected chi connectivity index (χ1v) is 6.71. The van der Waals surface area contributed by atoms with E-state index in [9.17, 15) is 9.18 Å². The SMILES string of the molecule is CCOC(=O)c1sc2c(F)ccc(Br)c2c1C. The van der Waals surface area contributed by atoms with Gasteiger partial charge >= 0.3 is 5.97 Å². The summed E-state index contributed by atoms with van der Waals surface area (Å²) >= 11 is 4.50. The molecule has 90 valence electrons. The average Bonchev–Trinajstić information content (AvgIpc) is 2.63. The standard InChI is InChI=1S/C12H10BrFO2S/c1-3-16-12(15)10-6(2)9-7(13)4-5-8(14)11(9)17-10/h4-5H,3H2,1-2H3. The van der Waals surface area contributed by atoms with Crippen LogP contribution >= 0.6 is 27.3 Å². The summed E-state index contributed by atoms with van der Waals surface area (Å²) in [7, 11) is 0. The molecule has 17 heavy (non-hydrogen) atoms. The van der Waals surface area contributed by atoms with Crippen LogP contribution < -0.4 is 0 Å². The van der Waals surface area contributed by atoms with E-state index in [0.29, 0.717) is 16.2 Å². The molecule has 0 saturated carbocycles. The molecule has 0 N–H and O–H groups in total. The third-order valence-corrected chi connectivity index (χ3v) is 4.38. The highest BCUT2D eigenvalue weighted by Gasteiger charge is 2.19. The molecule has 0 fully saturated rings. The number of halogens is 2. The van der Waals surface area contributed by atoms with Crippen LogP contribution in [0, 0.1) is 12.7 Å². The molecule has 0 aliphatic heterocycles. The molecule has 0 spiro atoms. The van der Waals surface area contributed by atoms with E-state index in [0.717, 1.165) is 26.8 Å². The summed E-state index contributed by atoms with van der Waals surface area (Å²) in [6.07, 6.45) is 0. The lowest BCUT2D eigenvalue weighted by Gasteiger charge is -2.00. The van der Waals surface area contributed by atoms with Crippen LogP contribution in [0.5, 0.6) is 0 Å². The predicted molar refractivity (Wildman–Crippen MR) is 70.2 cm³/mol. The van der Waals surface area contributed by atoms with E-state index in [-0.39, 0.29) is 5.82 Å². The van der Waals surface area contributed by atoms with E-state index in [4.69, 9.17) is 4.74 Å². The zero-order valence-electron chi connectivity index (χ0n) is 9.34. The molecule has 0 aliphatic carbocycles. The van der Waals surface area contributed by atoms with Gasteiger partial charge in [0.25, 0.3) is 0 Å². The molecule has 2 aromatic rings. The fraction of sp³-hybridized carbons (Fsp3) is 0.250. The minimum absolute atomic E-state index is 0.313. The Kier molecular flexibility index (Phi) is 3.49. The van der Waals surface area contributed by atoms with Crippen molar-refractivity contribution < 1.29 is 13.9 Å². The van der Waals surface area contributed by atoms with E-state index in [2.05, 4.69) is 15.9 Å². The van der Waals surface area contributed by atoms with Gasteiger partial charge < -0.3 is 4.74 Å². The number of thiophene rings is 1. The van der Waals surface area contributed by atoms with Gasteiger partial charge in [0.05, 0.1) is 11.3 Å². The molecule has 2 nitrogen and oxygen atoms in total. The van der Waals surface area contributed by atoms with Crippen molar-refractivity contribution in [3.63, 3.8) is 0 Å². The second-order valence-electron chi connectivity index (χ2n) is 3.51. The van der Waals surface area contributed by atoms with Crippen LogP contribution in [-0.4, -0.2) is 12.6 Å². The van der Waals surface area contributed by atoms with E-state index in [1.807, 2.05) is 0 Å². The Morgan fingerprint density at radius 2 is 2.24 bits per heavy atom. The van der Waals surface area contributed by atoms with Crippen molar-refractivity contribution in [2.24, 2.45) is 0 Å². The summed E-state index contributed by atoms with van der Waals surface area (Å²) in [5.41, 5.74) is 0.759. The Morgan fingerprint density at radius 1 is 1.53 bits per heavy atom. The fourth-order valence-electron chi connectivity index (χ4n) is 1.67. The van der Waals surface area contributed by atoms with Crippen LogP contribution in [0.1, 0.15) is 22.2 Å². The number of hydrogen-bond donors (Lipinski definition) is 0. The van der Waals surface area contributed by atoms with Crippen LogP contribution in [0.4, 0.5) is 4.39 Å². The van der Waals surface area contributed by atoms with Gasteiger partial charge in [-0.2, -0.15) is 0 Å². The molecule has 1 heterocycles. The summed E-state index contributed by atoms with van der Waals surface area (Å²) < 4.78 is 19.9. The second-order valence-corrected chi connectivity index (χ2v) is 5.38. The normalized spacial score (nSPS) is 10.8. The van der Waals surface area contributed by atoms with E-state index in [1.54, 1.807) is 19.9 Å². The number of rotatable bonds is 2. The summed E-state index contributed by atoms with van der Waals surface area (Å²) in [6.45, 7) is 3.86. The van der Waals surface area contributed by atoms with E-state index < -0.39 is 5.97 Å². The average molecular weight is 317 g/mol. The van der Waals surface area contributed by atoms with Gasteiger partial charge in [0.1, 0.15) is 10.7 Å². The summed E-state index contributed by atoms with van der Waals surface area (Å²) in [4.78, 5) is 12.2. The zero-order valence-corrected chi connectivity index (χ0v) is 11.7. The highest BCUT2D eigenvalue weighted by molar-refractivity contribution is 9.10. The summed E-state index contributed by atoms with van der Waals surface area (Å²) in [5, 5.41) is 0.748. The lowest BCUT2D eigenvalue weighted by Crippen LogP contribution is -2.03. The van der Waals surface area contributed by atoms with Crippen LogP contribution in [0.3, 0.4) is 0 Å². The van der Waals surface area contributed by atoms with Gasteiger partial charge in [0.2, 0.25) is 0 Å². The molecule has 2 rings (SSSR count). The minimum Gasteiger partial charge on any atom is -0.462 e. The molecule has 0 bridgehead atoms. The third kappa shape index (κ3) is 2.09. The molecule has 0 saturated heterocycles. The molecule has 1 aromatic heterocycles. The monoisotopic (exact) mass is 316 g/mol. The van der Waals surface area contributed by atoms with Crippen LogP contribution in [0.15, 0.2) is 16.6 Å². The Labute approximate surface area is 111 Å². The van der Waals surface area contributed by atoms with Gasteiger partial charge in [-0.25, -0.2) is 9.18 Å². The van der Waals surface area contributed by atoms with Gasteiger partial charge in [0.15, 0.2) is 0 Å². The number of ether oxygens (including phenoxy) is 1. The van der Waals surface area contributed by atoms with Crippen molar-refractivity contribution in [1.29, 1.82) is 0 Å². The smallest absolute Gasteiger partial charge is 0.348 e. The molecule has 5 heteroatoms. The summed E-state index contributed by atoms with van der Waals surface area (Å²) in [6, 6.07) is 3.03. The lowest BCUT2D eigenvalue weighted by molar-refractivity contribution is 0.0531. The second kappa shape index (κ2) is 4.74. The molecular formula is C12H10BrFO2S. The maximum atomic E-state index is 13.6. The first kappa shape index (κ1) is 12.5. The lowest BCUT2D eigenvalue weighted by atomic mass is 10.1. The number of carbonyl (C=O) groups is 1. The maximum absolute atomic E-state index is 13.6. The number of esters is 1. The first-order valence-electron chi connectivity index (χ1n) is 5.10. The minimum atomic E-state index is -0.391. The van der Waals surface area contributed by atoms with Crippen molar-refractivity contribution in [2.75, 3.05) is 6.61 Å². The van der Waals surface area contributed by atoms with Crippen molar-refractivity contribution >= 4 is 43.3 Å². The number of benzene rings is 1. The first-order chi connectivity index (χ1) is 8.06. The topological polar surface area (TPSA) is 26.3 Å². The number of aryl methyl sites for hydroxylation is 1. The quantitative estimate of drug-likeness (QED) is 0.773. The largest absolute Gasteiger partial charge is 0.462 e.